The summed E-state index contributed by atoms with van der Waals surface area (Å²) in [4.78, 5) is 23.6. The highest BCUT2D eigenvalue weighted by Crippen LogP contribution is 2.50. The second-order valence-electron chi connectivity index (χ2n) is 4.38. The summed E-state index contributed by atoms with van der Waals surface area (Å²) in [6.45, 7) is 3.44. The van der Waals surface area contributed by atoms with Crippen LogP contribution in [0.15, 0.2) is 23.3 Å². The Kier molecular flexibility index (Phi) is 2.39. The van der Waals surface area contributed by atoms with Crippen molar-refractivity contribution in [3.05, 3.63) is 23.3 Å². The lowest BCUT2D eigenvalue weighted by Gasteiger charge is -2.20. The van der Waals surface area contributed by atoms with Crippen LogP contribution >= 0.6 is 0 Å². The minimum absolute atomic E-state index is 0.219. The number of rotatable bonds is 2. The highest BCUT2D eigenvalue weighted by Gasteiger charge is 2.57. The van der Waals surface area contributed by atoms with Gasteiger partial charge in [0.1, 0.15) is 11.2 Å². The van der Waals surface area contributed by atoms with Gasteiger partial charge in [-0.1, -0.05) is 0 Å². The molecule has 0 saturated heterocycles. The van der Waals surface area contributed by atoms with Crippen molar-refractivity contribution in [1.29, 1.82) is 0 Å². The van der Waals surface area contributed by atoms with E-state index >= 15 is 0 Å². The predicted molar refractivity (Wildman–Crippen MR) is 58.1 cm³/mol. The Hall–Kier alpha value is -1.62. The number of fused-ring (bicyclic) bond motifs is 2. The van der Waals surface area contributed by atoms with E-state index < -0.39 is 23.1 Å². The molecule has 0 aromatic rings. The maximum Gasteiger partial charge on any atom is 0.337 e. The summed E-state index contributed by atoms with van der Waals surface area (Å²) in [6, 6.07) is 0. The van der Waals surface area contributed by atoms with Crippen LogP contribution in [-0.2, 0) is 23.8 Å². The Labute approximate surface area is 99.0 Å². The zero-order valence-electron chi connectivity index (χ0n) is 10.2. The molecule has 2 heterocycles. The molecule has 0 aromatic heterocycles. The summed E-state index contributed by atoms with van der Waals surface area (Å²) < 4.78 is 15.1. The van der Waals surface area contributed by atoms with E-state index in [9.17, 15) is 9.59 Å². The molecule has 0 radical (unpaired) electrons. The van der Waals surface area contributed by atoms with Crippen molar-refractivity contribution in [2.75, 3.05) is 14.2 Å². The monoisotopic (exact) mass is 238 g/mol. The smallest absolute Gasteiger partial charge is 0.337 e. The Morgan fingerprint density at radius 2 is 1.35 bits per heavy atom. The van der Waals surface area contributed by atoms with E-state index in [0.29, 0.717) is 0 Å². The first-order valence-corrected chi connectivity index (χ1v) is 5.20. The predicted octanol–water partition coefficient (Wildman–Crippen LogP) is 0.746. The van der Waals surface area contributed by atoms with Crippen molar-refractivity contribution in [2.24, 2.45) is 0 Å². The van der Waals surface area contributed by atoms with E-state index in [0.717, 1.165) is 0 Å². The van der Waals surface area contributed by atoms with Crippen LogP contribution in [0.3, 0.4) is 0 Å². The first-order chi connectivity index (χ1) is 7.88. The summed E-state index contributed by atoms with van der Waals surface area (Å²) in [5.74, 6) is -1.14. The van der Waals surface area contributed by atoms with Crippen LogP contribution in [0.4, 0.5) is 0 Å². The molecule has 0 spiro atoms. The molecule has 0 aliphatic carbocycles. The minimum Gasteiger partial charge on any atom is -0.466 e. The number of esters is 2. The molecule has 17 heavy (non-hydrogen) atoms. The third-order valence-corrected chi connectivity index (χ3v) is 3.17. The summed E-state index contributed by atoms with van der Waals surface area (Å²) in [6.07, 6.45) is 3.51. The third kappa shape index (κ3) is 1.42. The van der Waals surface area contributed by atoms with Gasteiger partial charge in [0, 0.05) is 0 Å². The normalized spacial score (nSPS) is 34.1. The number of carbonyl (C=O) groups is 2. The fraction of sp³-hybridized carbons (Fsp3) is 0.500. The maximum atomic E-state index is 11.8. The van der Waals surface area contributed by atoms with E-state index in [1.165, 1.54) is 14.2 Å². The van der Waals surface area contributed by atoms with Crippen molar-refractivity contribution in [2.45, 2.75) is 25.0 Å². The van der Waals surface area contributed by atoms with Crippen LogP contribution in [-0.4, -0.2) is 37.4 Å². The fourth-order valence-electron chi connectivity index (χ4n) is 2.41. The van der Waals surface area contributed by atoms with E-state index in [1.54, 1.807) is 26.0 Å². The minimum atomic E-state index is -0.911. The van der Waals surface area contributed by atoms with Crippen molar-refractivity contribution in [1.82, 2.24) is 0 Å². The van der Waals surface area contributed by atoms with Crippen molar-refractivity contribution in [3.63, 3.8) is 0 Å². The van der Waals surface area contributed by atoms with E-state index in [-0.39, 0.29) is 11.1 Å². The lowest BCUT2D eigenvalue weighted by molar-refractivity contribution is -0.139. The van der Waals surface area contributed by atoms with Gasteiger partial charge in [-0.15, -0.1) is 0 Å². The summed E-state index contributed by atoms with van der Waals surface area (Å²) in [5.41, 5.74) is -1.38. The average Bonchev–Trinajstić information content (AvgIpc) is 2.72. The molecular weight excluding hydrogens is 224 g/mol. The molecule has 2 aliphatic heterocycles. The van der Waals surface area contributed by atoms with Crippen molar-refractivity contribution < 1.29 is 23.8 Å². The van der Waals surface area contributed by atoms with Crippen LogP contribution < -0.4 is 0 Å². The number of methoxy groups -OCH3 is 2. The Bertz CT molecular complexity index is 422. The van der Waals surface area contributed by atoms with Gasteiger partial charge in [0.2, 0.25) is 0 Å². The number of hydrogen-bond donors (Lipinski definition) is 0. The van der Waals surface area contributed by atoms with E-state index in [2.05, 4.69) is 0 Å². The highest BCUT2D eigenvalue weighted by atomic mass is 16.6. The van der Waals surface area contributed by atoms with Gasteiger partial charge < -0.3 is 14.2 Å². The van der Waals surface area contributed by atoms with Crippen molar-refractivity contribution in [3.8, 4) is 0 Å². The first kappa shape index (κ1) is 11.9. The molecule has 0 N–H and O–H groups in total. The molecule has 5 nitrogen and oxygen atoms in total. The SMILES string of the molecule is COC(=O)C1=C(C(=O)OC)[C@@]2(C)C=C[C@@]1(C)O2. The average molecular weight is 238 g/mol. The van der Waals surface area contributed by atoms with Gasteiger partial charge >= 0.3 is 11.9 Å². The standard InChI is InChI=1S/C12H14O5/c1-11-5-6-12(2,17-11)8(10(14)16-4)7(11)9(13)15-3/h5-6H,1-4H3/t11-,12-/m1/s1. The molecule has 92 valence electrons. The van der Waals surface area contributed by atoms with Crippen molar-refractivity contribution >= 4 is 11.9 Å². The number of hydrogen-bond acceptors (Lipinski definition) is 5. The van der Waals surface area contributed by atoms with Gasteiger partial charge in [0.15, 0.2) is 0 Å². The summed E-state index contributed by atoms with van der Waals surface area (Å²) in [7, 11) is 2.54. The van der Waals surface area contributed by atoms with Gasteiger partial charge in [-0.25, -0.2) is 9.59 Å². The van der Waals surface area contributed by atoms with E-state index in [4.69, 9.17) is 14.2 Å². The van der Waals surface area contributed by atoms with Gasteiger partial charge in [-0.3, -0.25) is 0 Å². The first-order valence-electron chi connectivity index (χ1n) is 5.20. The molecule has 0 aromatic carbocycles. The lowest BCUT2D eigenvalue weighted by Crippen LogP contribution is -2.29. The topological polar surface area (TPSA) is 61.8 Å². The van der Waals surface area contributed by atoms with Gasteiger partial charge in [0.05, 0.1) is 25.4 Å². The quantitative estimate of drug-likeness (QED) is 0.524. The molecule has 2 atom stereocenters. The highest BCUT2D eigenvalue weighted by molar-refractivity contribution is 6.05. The third-order valence-electron chi connectivity index (χ3n) is 3.17. The van der Waals surface area contributed by atoms with Crippen LogP contribution in [0.2, 0.25) is 0 Å². The van der Waals surface area contributed by atoms with Crippen LogP contribution in [0.5, 0.6) is 0 Å². The Morgan fingerprint density at radius 3 is 1.65 bits per heavy atom. The van der Waals surface area contributed by atoms with Gasteiger partial charge in [-0.2, -0.15) is 0 Å². The number of carbonyl (C=O) groups excluding carboxylic acids is 2. The van der Waals surface area contributed by atoms with Crippen LogP contribution in [0.25, 0.3) is 0 Å². The van der Waals surface area contributed by atoms with E-state index in [1.807, 2.05) is 0 Å². The van der Waals surface area contributed by atoms with Gasteiger partial charge in [0.25, 0.3) is 0 Å². The Morgan fingerprint density at radius 1 is 1.00 bits per heavy atom. The zero-order chi connectivity index (χ0) is 12.8. The largest absolute Gasteiger partial charge is 0.466 e. The molecule has 0 amide bonds. The second kappa shape index (κ2) is 3.43. The second-order valence-corrected chi connectivity index (χ2v) is 4.38. The molecule has 5 heteroatoms. The Balaban J connectivity index is 2.61. The molecule has 0 saturated carbocycles. The molecule has 2 aliphatic rings. The molecule has 0 unspecified atom stereocenters. The summed E-state index contributed by atoms with van der Waals surface area (Å²) >= 11 is 0. The molecule has 2 bridgehead atoms. The summed E-state index contributed by atoms with van der Waals surface area (Å²) in [5, 5.41) is 0. The van der Waals surface area contributed by atoms with Gasteiger partial charge in [-0.05, 0) is 26.0 Å². The van der Waals surface area contributed by atoms with Crippen LogP contribution in [0, 0.1) is 0 Å². The molecule has 2 rings (SSSR count). The lowest BCUT2D eigenvalue weighted by atomic mass is 9.83. The number of ether oxygens (including phenoxy) is 3. The zero-order valence-corrected chi connectivity index (χ0v) is 10.2. The molecular formula is C12H14O5. The maximum absolute atomic E-state index is 11.8. The fourth-order valence-corrected chi connectivity index (χ4v) is 2.41. The van der Waals surface area contributed by atoms with Crippen LogP contribution in [0.1, 0.15) is 13.8 Å². The molecule has 0 fully saturated rings.